The van der Waals surface area contributed by atoms with Crippen LogP contribution in [0.5, 0.6) is 5.75 Å². The van der Waals surface area contributed by atoms with Crippen molar-refractivity contribution in [2.75, 3.05) is 40.0 Å². The smallest absolute Gasteiger partial charge is 0.124 e. The number of nitrogens with zero attached hydrogens (tertiary/aromatic N) is 1. The van der Waals surface area contributed by atoms with Gasteiger partial charge in [-0.05, 0) is 23.3 Å². The van der Waals surface area contributed by atoms with Gasteiger partial charge in [0.1, 0.15) is 5.75 Å². The largest absolute Gasteiger partial charge is 0.496 e. The molecule has 1 N–H and O–H groups in total. The summed E-state index contributed by atoms with van der Waals surface area (Å²) in [4.78, 5) is 2.38. The van der Waals surface area contributed by atoms with Gasteiger partial charge >= 0.3 is 0 Å². The second-order valence-corrected chi connectivity index (χ2v) is 5.68. The molecule has 22 heavy (non-hydrogen) atoms. The highest BCUT2D eigenvalue weighted by molar-refractivity contribution is 5.88. The summed E-state index contributed by atoms with van der Waals surface area (Å²) in [7, 11) is 1.69. The summed E-state index contributed by atoms with van der Waals surface area (Å²) < 4.78 is 18.8. The van der Waals surface area contributed by atoms with E-state index in [1.165, 1.54) is 10.8 Å². The molecule has 0 unspecified atom stereocenters. The zero-order chi connectivity index (χ0) is 15.4. The van der Waals surface area contributed by atoms with Gasteiger partial charge in [-0.3, -0.25) is 9.29 Å². The Labute approximate surface area is 131 Å². The van der Waals surface area contributed by atoms with Crippen molar-refractivity contribution in [3.05, 3.63) is 42.0 Å². The summed E-state index contributed by atoms with van der Waals surface area (Å²) in [6, 6.07) is 12.4. The van der Waals surface area contributed by atoms with Gasteiger partial charge in [-0.1, -0.05) is 30.3 Å². The molecule has 1 fully saturated rings. The lowest BCUT2D eigenvalue weighted by Crippen LogP contribution is -2.45. The number of alkyl halides is 1. The van der Waals surface area contributed by atoms with E-state index in [4.69, 9.17) is 4.74 Å². The summed E-state index contributed by atoms with van der Waals surface area (Å²) in [5, 5.41) is 5.71. The summed E-state index contributed by atoms with van der Waals surface area (Å²) in [6.07, 6.45) is 0.504. The molecular weight excluding hydrogens is 279 g/mol. The van der Waals surface area contributed by atoms with Crippen LogP contribution in [0, 0.1) is 0 Å². The first-order chi connectivity index (χ1) is 10.8. The number of fused-ring (bicyclic) bond motifs is 1. The number of benzene rings is 2. The Balaban J connectivity index is 2.10. The molecule has 0 radical (unpaired) electrons. The fourth-order valence-corrected chi connectivity index (χ4v) is 3.40. The highest BCUT2D eigenvalue weighted by Gasteiger charge is 2.26. The lowest BCUT2D eigenvalue weighted by Gasteiger charge is -2.36. The molecule has 3 nitrogen and oxygen atoms in total. The second-order valence-electron chi connectivity index (χ2n) is 5.68. The molecule has 2 aromatic rings. The molecule has 1 saturated heterocycles. The van der Waals surface area contributed by atoms with Crippen molar-refractivity contribution in [2.45, 2.75) is 12.5 Å². The molecule has 3 rings (SSSR count). The Hall–Kier alpha value is -1.65. The van der Waals surface area contributed by atoms with Gasteiger partial charge in [0.2, 0.25) is 0 Å². The van der Waals surface area contributed by atoms with Gasteiger partial charge in [0, 0.05) is 37.8 Å². The molecule has 0 aromatic heterocycles. The van der Waals surface area contributed by atoms with E-state index in [1.807, 2.05) is 18.2 Å². The van der Waals surface area contributed by atoms with Crippen LogP contribution in [0.15, 0.2) is 36.4 Å². The summed E-state index contributed by atoms with van der Waals surface area (Å²) in [5.41, 5.74) is 1.13. The van der Waals surface area contributed by atoms with Crippen LogP contribution < -0.4 is 10.1 Å². The van der Waals surface area contributed by atoms with Crippen LogP contribution in [0.25, 0.3) is 10.8 Å². The van der Waals surface area contributed by atoms with Crippen molar-refractivity contribution in [1.29, 1.82) is 0 Å². The molecule has 0 aliphatic carbocycles. The predicted molar refractivity (Wildman–Crippen MR) is 88.3 cm³/mol. The third-order valence-corrected chi connectivity index (χ3v) is 4.46. The van der Waals surface area contributed by atoms with Crippen LogP contribution >= 0.6 is 0 Å². The highest BCUT2D eigenvalue weighted by Crippen LogP contribution is 2.37. The molecule has 4 heteroatoms. The van der Waals surface area contributed by atoms with E-state index in [2.05, 4.69) is 28.4 Å². The zero-order valence-corrected chi connectivity index (χ0v) is 13.0. The van der Waals surface area contributed by atoms with Crippen LogP contribution in [-0.4, -0.2) is 44.9 Å². The third-order valence-electron chi connectivity index (χ3n) is 4.46. The van der Waals surface area contributed by atoms with Gasteiger partial charge in [0.05, 0.1) is 13.8 Å². The van der Waals surface area contributed by atoms with Gasteiger partial charge in [-0.25, -0.2) is 0 Å². The molecular formula is C18H23FN2O. The van der Waals surface area contributed by atoms with E-state index in [1.54, 1.807) is 7.11 Å². The van der Waals surface area contributed by atoms with E-state index in [9.17, 15) is 4.39 Å². The molecule has 0 amide bonds. The quantitative estimate of drug-likeness (QED) is 0.918. The minimum absolute atomic E-state index is 0.0631. The minimum atomic E-state index is -0.318. The Bertz CT molecular complexity index is 626. The Morgan fingerprint density at radius 1 is 1.18 bits per heavy atom. The van der Waals surface area contributed by atoms with Crippen molar-refractivity contribution < 1.29 is 9.13 Å². The van der Waals surface area contributed by atoms with E-state index in [0.29, 0.717) is 6.42 Å². The van der Waals surface area contributed by atoms with E-state index < -0.39 is 0 Å². The summed E-state index contributed by atoms with van der Waals surface area (Å²) >= 11 is 0. The Kier molecular flexibility index (Phi) is 4.90. The number of ether oxygens (including phenoxy) is 1. The number of piperazine rings is 1. The topological polar surface area (TPSA) is 24.5 Å². The first-order valence-electron chi connectivity index (χ1n) is 7.91. The second kappa shape index (κ2) is 7.07. The molecule has 118 valence electrons. The average molecular weight is 302 g/mol. The maximum Gasteiger partial charge on any atom is 0.124 e. The zero-order valence-electron chi connectivity index (χ0n) is 13.0. The summed E-state index contributed by atoms with van der Waals surface area (Å²) in [5.74, 6) is 0.857. The van der Waals surface area contributed by atoms with Gasteiger partial charge in [0.25, 0.3) is 0 Å². The van der Waals surface area contributed by atoms with Crippen LogP contribution in [-0.2, 0) is 0 Å². The van der Waals surface area contributed by atoms with Crippen molar-refractivity contribution in [3.8, 4) is 5.75 Å². The summed E-state index contributed by atoms with van der Waals surface area (Å²) in [6.45, 7) is 3.47. The number of hydrogen-bond acceptors (Lipinski definition) is 3. The van der Waals surface area contributed by atoms with Crippen molar-refractivity contribution in [1.82, 2.24) is 10.2 Å². The molecule has 1 aliphatic heterocycles. The predicted octanol–water partition coefficient (Wildman–Crippen LogP) is 3.15. The average Bonchev–Trinajstić information content (AvgIpc) is 2.59. The normalized spacial score (nSPS) is 17.5. The van der Waals surface area contributed by atoms with Crippen LogP contribution in [0.3, 0.4) is 0 Å². The maximum absolute atomic E-state index is 13.2. The molecule has 0 bridgehead atoms. The van der Waals surface area contributed by atoms with Crippen molar-refractivity contribution >= 4 is 10.8 Å². The van der Waals surface area contributed by atoms with Crippen LogP contribution in [0.2, 0.25) is 0 Å². The van der Waals surface area contributed by atoms with E-state index >= 15 is 0 Å². The van der Waals surface area contributed by atoms with E-state index in [-0.39, 0.29) is 12.7 Å². The SMILES string of the molecule is COc1ccc2ccccc2c1[C@@H](CCF)N1CCNCC1. The van der Waals surface area contributed by atoms with Crippen LogP contribution in [0.1, 0.15) is 18.0 Å². The number of hydrogen-bond donors (Lipinski definition) is 1. The Morgan fingerprint density at radius 2 is 1.95 bits per heavy atom. The maximum atomic E-state index is 13.2. The van der Waals surface area contributed by atoms with E-state index in [0.717, 1.165) is 37.5 Å². The molecule has 1 atom stereocenters. The fraction of sp³-hybridized carbons (Fsp3) is 0.444. The molecule has 1 aliphatic rings. The molecule has 0 spiro atoms. The lowest BCUT2D eigenvalue weighted by molar-refractivity contribution is 0.156. The van der Waals surface area contributed by atoms with Crippen molar-refractivity contribution in [2.24, 2.45) is 0 Å². The standard InChI is InChI=1S/C18H23FN2O/c1-22-17-7-6-14-4-2-3-5-15(14)18(17)16(8-9-19)21-12-10-20-11-13-21/h2-7,16,20H,8-13H2,1H3/t16-/m1/s1. The van der Waals surface area contributed by atoms with Gasteiger partial charge in [-0.15, -0.1) is 0 Å². The number of rotatable bonds is 5. The number of methoxy groups -OCH3 is 1. The molecule has 2 aromatic carbocycles. The first kappa shape index (κ1) is 15.3. The molecule has 1 heterocycles. The molecule has 0 saturated carbocycles. The monoisotopic (exact) mass is 302 g/mol. The lowest BCUT2D eigenvalue weighted by atomic mass is 9.94. The first-order valence-corrected chi connectivity index (χ1v) is 7.91. The van der Waals surface area contributed by atoms with Crippen LogP contribution in [0.4, 0.5) is 4.39 Å². The van der Waals surface area contributed by atoms with Crippen molar-refractivity contribution in [3.63, 3.8) is 0 Å². The Morgan fingerprint density at radius 3 is 2.68 bits per heavy atom. The number of nitrogens with one attached hydrogen (secondary N) is 1. The number of halogens is 1. The minimum Gasteiger partial charge on any atom is -0.496 e. The highest BCUT2D eigenvalue weighted by atomic mass is 19.1. The van der Waals surface area contributed by atoms with Gasteiger partial charge in [-0.2, -0.15) is 0 Å². The van der Waals surface area contributed by atoms with Gasteiger partial charge < -0.3 is 10.1 Å². The van der Waals surface area contributed by atoms with Gasteiger partial charge in [0.15, 0.2) is 0 Å². The fourth-order valence-electron chi connectivity index (χ4n) is 3.40. The third kappa shape index (κ3) is 2.94.